The van der Waals surface area contributed by atoms with Gasteiger partial charge in [-0.3, -0.25) is 0 Å². The number of esters is 1. The second-order valence-corrected chi connectivity index (χ2v) is 8.18. The largest absolute Gasteiger partial charge is 0.491 e. The van der Waals surface area contributed by atoms with E-state index in [1.165, 1.54) is 63.9 Å². The highest BCUT2D eigenvalue weighted by Crippen LogP contribution is 2.15. The molecule has 0 radical (unpaired) electrons. The summed E-state index contributed by atoms with van der Waals surface area (Å²) in [6, 6.07) is 8.77. The van der Waals surface area contributed by atoms with Crippen LogP contribution < -0.4 is 4.74 Å². The smallest absolute Gasteiger partial charge is 0.348 e. The van der Waals surface area contributed by atoms with Crippen molar-refractivity contribution in [1.29, 1.82) is 5.26 Å². The van der Waals surface area contributed by atoms with Crippen molar-refractivity contribution in [1.82, 2.24) is 0 Å². The maximum Gasteiger partial charge on any atom is 0.348 e. The molecule has 0 spiro atoms. The van der Waals surface area contributed by atoms with Crippen LogP contribution in [0.25, 0.3) is 6.08 Å². The molecule has 6 nitrogen and oxygen atoms in total. The molecule has 33 heavy (non-hydrogen) atoms. The molecule has 0 aliphatic carbocycles. The van der Waals surface area contributed by atoms with Crippen LogP contribution >= 0.6 is 0 Å². The molecule has 184 valence electrons. The summed E-state index contributed by atoms with van der Waals surface area (Å²) in [5.74, 6) is -0.0446. The maximum absolute atomic E-state index is 11.7. The van der Waals surface area contributed by atoms with E-state index < -0.39 is 12.1 Å². The average Bonchev–Trinajstić information content (AvgIpc) is 2.82. The van der Waals surface area contributed by atoms with E-state index >= 15 is 0 Å². The Morgan fingerprint density at radius 3 is 2.15 bits per heavy atom. The van der Waals surface area contributed by atoms with Gasteiger partial charge in [0.15, 0.2) is 0 Å². The van der Waals surface area contributed by atoms with Crippen molar-refractivity contribution >= 4 is 12.0 Å². The third-order valence-corrected chi connectivity index (χ3v) is 5.20. The summed E-state index contributed by atoms with van der Waals surface area (Å²) in [7, 11) is 0. The summed E-state index contributed by atoms with van der Waals surface area (Å²) in [5, 5.41) is 19.1. The molecule has 1 atom stereocenters. The Morgan fingerprint density at radius 2 is 1.58 bits per heavy atom. The van der Waals surface area contributed by atoms with Crippen molar-refractivity contribution in [2.24, 2.45) is 0 Å². The van der Waals surface area contributed by atoms with Crippen LogP contribution in [0.3, 0.4) is 0 Å². The number of nitrogens with zero attached hydrogens (tertiary/aromatic N) is 1. The topological polar surface area (TPSA) is 88.8 Å². The predicted octanol–water partition coefficient (Wildman–Crippen LogP) is 5.83. The number of hydrogen-bond acceptors (Lipinski definition) is 6. The van der Waals surface area contributed by atoms with Gasteiger partial charge in [0.25, 0.3) is 0 Å². The van der Waals surface area contributed by atoms with Crippen LogP contribution in [0.5, 0.6) is 5.75 Å². The molecule has 0 aromatic heterocycles. The zero-order valence-corrected chi connectivity index (χ0v) is 20.4. The first kappa shape index (κ1) is 28.7. The fourth-order valence-corrected chi connectivity index (χ4v) is 3.32. The maximum atomic E-state index is 11.7. The van der Waals surface area contributed by atoms with Crippen LogP contribution in [-0.4, -0.2) is 43.6 Å². The zero-order valence-electron chi connectivity index (χ0n) is 20.4. The van der Waals surface area contributed by atoms with E-state index in [1.807, 2.05) is 6.07 Å². The van der Waals surface area contributed by atoms with Crippen molar-refractivity contribution in [3.63, 3.8) is 0 Å². The highest BCUT2D eigenvalue weighted by molar-refractivity contribution is 5.97. The lowest BCUT2D eigenvalue weighted by Crippen LogP contribution is -2.23. The molecule has 0 aliphatic rings. The zero-order chi connectivity index (χ0) is 24.2. The van der Waals surface area contributed by atoms with E-state index in [0.29, 0.717) is 17.9 Å². The van der Waals surface area contributed by atoms with E-state index in [9.17, 15) is 9.90 Å². The van der Waals surface area contributed by atoms with Gasteiger partial charge in [0.1, 0.15) is 30.1 Å². The first-order valence-corrected chi connectivity index (χ1v) is 12.4. The molecule has 6 heteroatoms. The number of rotatable bonds is 19. The minimum atomic E-state index is -0.693. The van der Waals surface area contributed by atoms with Gasteiger partial charge in [-0.1, -0.05) is 76.8 Å². The van der Waals surface area contributed by atoms with Gasteiger partial charge in [-0.2, -0.15) is 5.26 Å². The lowest BCUT2D eigenvalue weighted by molar-refractivity contribution is -0.137. The summed E-state index contributed by atoms with van der Waals surface area (Å²) in [5.41, 5.74) is 0.632. The number of unbranched alkanes of at least 4 members (excludes halogenated alkanes) is 9. The van der Waals surface area contributed by atoms with Gasteiger partial charge >= 0.3 is 5.97 Å². The second kappa shape index (κ2) is 19.1. The first-order valence-electron chi connectivity index (χ1n) is 12.4. The lowest BCUT2D eigenvalue weighted by Gasteiger charge is -2.13. The molecule has 0 heterocycles. The highest BCUT2D eigenvalue weighted by Gasteiger charge is 2.10. The number of hydrogen-bond donors (Lipinski definition) is 1. The van der Waals surface area contributed by atoms with E-state index in [2.05, 4.69) is 6.92 Å². The Morgan fingerprint density at radius 1 is 0.970 bits per heavy atom. The van der Waals surface area contributed by atoms with Crippen molar-refractivity contribution in [2.45, 2.75) is 84.2 Å². The Bertz CT molecular complexity index is 708. The number of ether oxygens (including phenoxy) is 3. The van der Waals surface area contributed by atoms with Crippen molar-refractivity contribution in [3.8, 4) is 11.8 Å². The number of aliphatic hydroxyl groups excluding tert-OH is 1. The summed E-state index contributed by atoms with van der Waals surface area (Å²) < 4.78 is 16.0. The van der Waals surface area contributed by atoms with E-state index in [1.54, 1.807) is 31.2 Å². The molecule has 1 aromatic carbocycles. The van der Waals surface area contributed by atoms with E-state index in [0.717, 1.165) is 6.42 Å². The van der Waals surface area contributed by atoms with Crippen molar-refractivity contribution in [3.05, 3.63) is 35.4 Å². The monoisotopic (exact) mass is 459 g/mol. The first-order chi connectivity index (χ1) is 16.1. The quantitative estimate of drug-likeness (QED) is 0.121. The van der Waals surface area contributed by atoms with Gasteiger partial charge in [-0.05, 0) is 37.1 Å². The molecule has 0 aliphatic heterocycles. The van der Waals surface area contributed by atoms with Crippen LogP contribution in [0.4, 0.5) is 0 Å². The molecule has 0 saturated carbocycles. The van der Waals surface area contributed by atoms with Gasteiger partial charge in [0, 0.05) is 6.61 Å². The standard InChI is InChI=1S/C27H41NO5/c1-3-5-6-7-8-9-10-11-12-13-18-31-21-25(29)22-33-26-16-14-23(15-17-26)19-24(20-28)27(30)32-4-2/h14-17,19,25,29H,3-13,18,21-22H2,1-2H3. The van der Waals surface area contributed by atoms with E-state index in [4.69, 9.17) is 19.5 Å². The SMILES string of the molecule is CCCCCCCCCCCCOCC(O)COc1ccc(C=C(C#N)C(=O)OCC)cc1. The Labute approximate surface area is 199 Å². The van der Waals surface area contributed by atoms with Gasteiger partial charge in [0.05, 0.1) is 13.2 Å². The van der Waals surface area contributed by atoms with Crippen LogP contribution in [0.2, 0.25) is 0 Å². The molecular weight excluding hydrogens is 418 g/mol. The van der Waals surface area contributed by atoms with Gasteiger partial charge in [0.2, 0.25) is 0 Å². The Kier molecular flexibility index (Phi) is 16.6. The van der Waals surface area contributed by atoms with Crippen LogP contribution in [0.1, 0.15) is 83.6 Å². The molecule has 1 rings (SSSR count). The van der Waals surface area contributed by atoms with Crippen LogP contribution in [-0.2, 0) is 14.3 Å². The Balaban J connectivity index is 2.13. The fourth-order valence-electron chi connectivity index (χ4n) is 3.32. The van der Waals surface area contributed by atoms with Crippen LogP contribution in [0.15, 0.2) is 29.8 Å². The minimum absolute atomic E-state index is 0.0551. The molecule has 1 unspecified atom stereocenters. The summed E-state index contributed by atoms with van der Waals surface area (Å²) in [6.45, 7) is 5.21. The lowest BCUT2D eigenvalue weighted by atomic mass is 10.1. The van der Waals surface area contributed by atoms with Crippen LogP contribution in [0, 0.1) is 11.3 Å². The predicted molar refractivity (Wildman–Crippen MR) is 131 cm³/mol. The number of benzene rings is 1. The highest BCUT2D eigenvalue weighted by atomic mass is 16.5. The summed E-state index contributed by atoms with van der Waals surface area (Å²) in [4.78, 5) is 11.7. The van der Waals surface area contributed by atoms with Crippen molar-refractivity contribution < 1.29 is 24.1 Å². The number of aliphatic hydroxyl groups is 1. The van der Waals surface area contributed by atoms with Gasteiger partial charge in [-0.25, -0.2) is 4.79 Å². The molecule has 1 aromatic rings. The summed E-state index contributed by atoms with van der Waals surface area (Å²) in [6.07, 6.45) is 13.6. The van der Waals surface area contributed by atoms with E-state index in [-0.39, 0.29) is 25.4 Å². The minimum Gasteiger partial charge on any atom is -0.491 e. The third-order valence-electron chi connectivity index (χ3n) is 5.20. The number of nitriles is 1. The molecule has 0 bridgehead atoms. The molecule has 0 amide bonds. The molecule has 1 N–H and O–H groups in total. The normalized spacial score (nSPS) is 12.2. The molecular formula is C27H41NO5. The molecule has 0 saturated heterocycles. The second-order valence-electron chi connectivity index (χ2n) is 8.18. The fraction of sp³-hybridized carbons (Fsp3) is 0.630. The summed E-state index contributed by atoms with van der Waals surface area (Å²) >= 11 is 0. The van der Waals surface area contributed by atoms with Gasteiger partial charge in [-0.15, -0.1) is 0 Å². The Hall–Kier alpha value is -2.36. The number of carbonyl (C=O) groups excluding carboxylic acids is 1. The van der Waals surface area contributed by atoms with Crippen molar-refractivity contribution in [2.75, 3.05) is 26.4 Å². The third kappa shape index (κ3) is 14.4. The number of carbonyl (C=O) groups is 1. The van der Waals surface area contributed by atoms with Gasteiger partial charge < -0.3 is 19.3 Å². The molecule has 0 fully saturated rings. The average molecular weight is 460 g/mol.